The first kappa shape index (κ1) is 16.1. The SMILES string of the molecule is CCCCCC(CCC)c1ccc(C(F)(F)F)cc1. The van der Waals surface area contributed by atoms with E-state index in [9.17, 15) is 13.2 Å². The molecule has 1 aromatic carbocycles. The molecule has 1 rings (SSSR count). The number of hydrogen-bond acceptors (Lipinski definition) is 0. The molecule has 0 nitrogen and oxygen atoms in total. The van der Waals surface area contributed by atoms with Crippen molar-refractivity contribution < 1.29 is 13.2 Å². The molecule has 0 radical (unpaired) electrons. The molecule has 1 aromatic rings. The number of hydrogen-bond donors (Lipinski definition) is 0. The van der Waals surface area contributed by atoms with E-state index >= 15 is 0 Å². The Hall–Kier alpha value is -0.990. The average Bonchev–Trinajstić information content (AvgIpc) is 2.37. The van der Waals surface area contributed by atoms with Gasteiger partial charge in [-0.15, -0.1) is 0 Å². The van der Waals surface area contributed by atoms with E-state index in [0.29, 0.717) is 5.92 Å². The molecule has 0 N–H and O–H groups in total. The molecule has 0 amide bonds. The molecule has 0 fully saturated rings. The molecule has 0 aliphatic carbocycles. The zero-order chi connectivity index (χ0) is 14.3. The largest absolute Gasteiger partial charge is 0.416 e. The minimum absolute atomic E-state index is 0.402. The van der Waals surface area contributed by atoms with Gasteiger partial charge in [0.1, 0.15) is 0 Å². The highest BCUT2D eigenvalue weighted by Gasteiger charge is 2.30. The van der Waals surface area contributed by atoms with Crippen molar-refractivity contribution in [1.82, 2.24) is 0 Å². The summed E-state index contributed by atoms with van der Waals surface area (Å²) in [6.45, 7) is 4.28. The maximum Gasteiger partial charge on any atom is 0.416 e. The van der Waals surface area contributed by atoms with E-state index in [1.165, 1.54) is 25.0 Å². The van der Waals surface area contributed by atoms with Crippen LogP contribution in [-0.2, 0) is 6.18 Å². The summed E-state index contributed by atoms with van der Waals surface area (Å²) in [5, 5.41) is 0. The van der Waals surface area contributed by atoms with E-state index in [1.807, 2.05) is 0 Å². The Morgan fingerprint density at radius 3 is 2.00 bits per heavy atom. The molecule has 0 spiro atoms. The lowest BCUT2D eigenvalue weighted by Crippen LogP contribution is -2.06. The fourth-order valence-electron chi connectivity index (χ4n) is 2.41. The average molecular weight is 272 g/mol. The first-order valence-corrected chi connectivity index (χ1v) is 7.16. The van der Waals surface area contributed by atoms with Gasteiger partial charge in [-0.05, 0) is 36.5 Å². The standard InChI is InChI=1S/C16H23F3/c1-3-5-6-8-13(7-4-2)14-9-11-15(12-10-14)16(17,18)19/h9-13H,3-8H2,1-2H3. The van der Waals surface area contributed by atoms with Crippen molar-refractivity contribution >= 4 is 0 Å². The Labute approximate surface area is 114 Å². The lowest BCUT2D eigenvalue weighted by molar-refractivity contribution is -0.137. The van der Waals surface area contributed by atoms with E-state index in [0.717, 1.165) is 31.2 Å². The third-order valence-corrected chi connectivity index (χ3v) is 3.50. The number of rotatable bonds is 7. The first-order valence-electron chi connectivity index (χ1n) is 7.16. The van der Waals surface area contributed by atoms with Crippen LogP contribution < -0.4 is 0 Å². The summed E-state index contributed by atoms with van der Waals surface area (Å²) in [6, 6.07) is 5.71. The minimum atomic E-state index is -4.24. The molecule has 0 aliphatic heterocycles. The van der Waals surface area contributed by atoms with Gasteiger partial charge in [0.2, 0.25) is 0 Å². The lowest BCUT2D eigenvalue weighted by Gasteiger charge is -2.17. The van der Waals surface area contributed by atoms with Gasteiger partial charge in [0.15, 0.2) is 0 Å². The van der Waals surface area contributed by atoms with Gasteiger partial charge in [-0.2, -0.15) is 13.2 Å². The highest BCUT2D eigenvalue weighted by Crippen LogP contribution is 2.32. The fraction of sp³-hybridized carbons (Fsp3) is 0.625. The smallest absolute Gasteiger partial charge is 0.166 e. The second-order valence-corrected chi connectivity index (χ2v) is 5.10. The van der Waals surface area contributed by atoms with Crippen LogP contribution in [0.4, 0.5) is 13.2 Å². The van der Waals surface area contributed by atoms with E-state index < -0.39 is 11.7 Å². The first-order chi connectivity index (χ1) is 8.99. The van der Waals surface area contributed by atoms with E-state index in [-0.39, 0.29) is 0 Å². The molecule has 0 aromatic heterocycles. The monoisotopic (exact) mass is 272 g/mol. The Morgan fingerprint density at radius 1 is 0.895 bits per heavy atom. The summed E-state index contributed by atoms with van der Waals surface area (Å²) < 4.78 is 37.6. The van der Waals surface area contributed by atoms with Crippen LogP contribution in [-0.4, -0.2) is 0 Å². The number of unbranched alkanes of at least 4 members (excludes halogenated alkanes) is 2. The zero-order valence-corrected chi connectivity index (χ0v) is 11.8. The summed E-state index contributed by atoms with van der Waals surface area (Å²) in [5.74, 6) is 0.402. The minimum Gasteiger partial charge on any atom is -0.166 e. The zero-order valence-electron chi connectivity index (χ0n) is 11.8. The van der Waals surface area contributed by atoms with Crippen LogP contribution in [0, 0.1) is 0 Å². The van der Waals surface area contributed by atoms with Crippen LogP contribution >= 0.6 is 0 Å². The summed E-state index contributed by atoms with van der Waals surface area (Å²) in [6.07, 6.45) is 2.48. The lowest BCUT2D eigenvalue weighted by atomic mass is 9.89. The van der Waals surface area contributed by atoms with Crippen molar-refractivity contribution in [2.45, 2.75) is 64.5 Å². The molecular weight excluding hydrogens is 249 g/mol. The van der Waals surface area contributed by atoms with Crippen molar-refractivity contribution in [3.63, 3.8) is 0 Å². The maximum absolute atomic E-state index is 12.5. The predicted molar refractivity (Wildman–Crippen MR) is 73.2 cm³/mol. The molecule has 0 aliphatic rings. The Balaban J connectivity index is 2.73. The van der Waals surface area contributed by atoms with Crippen molar-refractivity contribution in [3.05, 3.63) is 35.4 Å². The quantitative estimate of drug-likeness (QED) is 0.521. The van der Waals surface area contributed by atoms with E-state index in [4.69, 9.17) is 0 Å². The van der Waals surface area contributed by atoms with Gasteiger partial charge in [-0.25, -0.2) is 0 Å². The van der Waals surface area contributed by atoms with Crippen molar-refractivity contribution in [2.24, 2.45) is 0 Å². The molecule has 19 heavy (non-hydrogen) atoms. The predicted octanol–water partition coefficient (Wildman–Crippen LogP) is 6.17. The number of benzene rings is 1. The third kappa shape index (κ3) is 5.25. The topological polar surface area (TPSA) is 0 Å². The summed E-state index contributed by atoms with van der Waals surface area (Å²) in [4.78, 5) is 0. The highest BCUT2D eigenvalue weighted by molar-refractivity contribution is 5.27. The Bertz CT molecular complexity index is 351. The van der Waals surface area contributed by atoms with Crippen molar-refractivity contribution in [2.75, 3.05) is 0 Å². The highest BCUT2D eigenvalue weighted by atomic mass is 19.4. The van der Waals surface area contributed by atoms with Crippen LogP contribution in [0.2, 0.25) is 0 Å². The third-order valence-electron chi connectivity index (χ3n) is 3.50. The summed E-state index contributed by atoms with van der Waals surface area (Å²) in [7, 11) is 0. The van der Waals surface area contributed by atoms with Gasteiger partial charge < -0.3 is 0 Å². The van der Waals surface area contributed by atoms with Gasteiger partial charge in [-0.3, -0.25) is 0 Å². The van der Waals surface area contributed by atoms with Crippen LogP contribution in [0.1, 0.15) is 69.4 Å². The van der Waals surface area contributed by atoms with Gasteiger partial charge in [0.25, 0.3) is 0 Å². The Kier molecular flexibility index (Phi) is 6.40. The van der Waals surface area contributed by atoms with Crippen LogP contribution in [0.3, 0.4) is 0 Å². The van der Waals surface area contributed by atoms with Crippen molar-refractivity contribution in [1.29, 1.82) is 0 Å². The molecule has 0 bridgehead atoms. The maximum atomic E-state index is 12.5. The van der Waals surface area contributed by atoms with Gasteiger partial charge in [0, 0.05) is 0 Å². The van der Waals surface area contributed by atoms with E-state index in [2.05, 4.69) is 13.8 Å². The summed E-state index contributed by atoms with van der Waals surface area (Å²) in [5.41, 5.74) is 0.492. The molecule has 0 heterocycles. The Morgan fingerprint density at radius 2 is 1.53 bits per heavy atom. The normalized spacial score (nSPS) is 13.5. The van der Waals surface area contributed by atoms with Crippen LogP contribution in [0.5, 0.6) is 0 Å². The van der Waals surface area contributed by atoms with Gasteiger partial charge in [0.05, 0.1) is 5.56 Å². The molecule has 1 unspecified atom stereocenters. The number of alkyl halides is 3. The second-order valence-electron chi connectivity index (χ2n) is 5.10. The summed E-state index contributed by atoms with van der Waals surface area (Å²) >= 11 is 0. The van der Waals surface area contributed by atoms with Gasteiger partial charge >= 0.3 is 6.18 Å². The molecule has 3 heteroatoms. The van der Waals surface area contributed by atoms with Gasteiger partial charge in [-0.1, -0.05) is 51.7 Å². The molecule has 108 valence electrons. The van der Waals surface area contributed by atoms with Crippen molar-refractivity contribution in [3.8, 4) is 0 Å². The molecule has 0 saturated heterocycles. The molecular formula is C16H23F3. The molecule has 1 atom stereocenters. The fourth-order valence-corrected chi connectivity index (χ4v) is 2.41. The van der Waals surface area contributed by atoms with Crippen LogP contribution in [0.15, 0.2) is 24.3 Å². The van der Waals surface area contributed by atoms with E-state index in [1.54, 1.807) is 12.1 Å². The van der Waals surface area contributed by atoms with Crippen LogP contribution in [0.25, 0.3) is 0 Å². The second kappa shape index (κ2) is 7.56. The molecule has 0 saturated carbocycles. The number of halogens is 3.